The van der Waals surface area contributed by atoms with Crippen molar-refractivity contribution in [2.75, 3.05) is 25.0 Å². The second-order valence-electron chi connectivity index (χ2n) is 7.36. The fraction of sp³-hybridized carbons (Fsp3) is 0.600. The van der Waals surface area contributed by atoms with Gasteiger partial charge in [-0.2, -0.15) is 0 Å². The van der Waals surface area contributed by atoms with Gasteiger partial charge in [-0.1, -0.05) is 17.7 Å². The highest BCUT2D eigenvalue weighted by Gasteiger charge is 2.32. The molecule has 2 heterocycles. The Morgan fingerprint density at radius 1 is 1.08 bits per heavy atom. The van der Waals surface area contributed by atoms with Crippen LogP contribution < -0.4 is 5.32 Å². The Balaban J connectivity index is 1.56. The summed E-state index contributed by atoms with van der Waals surface area (Å²) in [4.78, 5) is 26.9. The Kier molecular flexibility index (Phi) is 5.42. The Bertz CT molecular complexity index is 634. The van der Waals surface area contributed by atoms with Crippen molar-refractivity contribution in [2.24, 2.45) is 5.92 Å². The van der Waals surface area contributed by atoms with E-state index in [9.17, 15) is 9.59 Å². The maximum absolute atomic E-state index is 12.7. The van der Waals surface area contributed by atoms with Gasteiger partial charge in [-0.05, 0) is 57.6 Å². The van der Waals surface area contributed by atoms with Crippen LogP contribution in [0.15, 0.2) is 12.1 Å². The number of anilines is 1. The van der Waals surface area contributed by atoms with Crippen molar-refractivity contribution in [1.29, 1.82) is 0 Å². The van der Waals surface area contributed by atoms with Crippen molar-refractivity contribution in [3.05, 3.63) is 28.8 Å². The summed E-state index contributed by atoms with van der Waals surface area (Å²) in [5.41, 5.74) is 4.32. The van der Waals surface area contributed by atoms with Crippen LogP contribution in [-0.4, -0.2) is 42.5 Å². The van der Waals surface area contributed by atoms with Crippen LogP contribution in [0.25, 0.3) is 0 Å². The van der Waals surface area contributed by atoms with Gasteiger partial charge in [0, 0.05) is 31.3 Å². The lowest BCUT2D eigenvalue weighted by atomic mass is 9.94. The zero-order chi connectivity index (χ0) is 18.0. The molecule has 2 fully saturated rings. The molecule has 25 heavy (non-hydrogen) atoms. The molecule has 5 nitrogen and oxygen atoms in total. The van der Waals surface area contributed by atoms with Crippen molar-refractivity contribution in [1.82, 2.24) is 4.90 Å². The summed E-state index contributed by atoms with van der Waals surface area (Å²) in [6.07, 6.45) is 2.96. The minimum Gasteiger partial charge on any atom is -0.368 e. The van der Waals surface area contributed by atoms with Crippen molar-refractivity contribution >= 4 is 17.5 Å². The van der Waals surface area contributed by atoms with E-state index in [1.165, 1.54) is 5.56 Å². The number of benzene rings is 1. The van der Waals surface area contributed by atoms with Crippen LogP contribution >= 0.6 is 0 Å². The Hall–Kier alpha value is -1.88. The van der Waals surface area contributed by atoms with Crippen molar-refractivity contribution in [3.63, 3.8) is 0 Å². The molecule has 2 amide bonds. The van der Waals surface area contributed by atoms with E-state index in [1.807, 2.05) is 18.7 Å². The third-order valence-electron chi connectivity index (χ3n) is 5.31. The quantitative estimate of drug-likeness (QED) is 0.917. The number of nitrogens with one attached hydrogen (secondary N) is 1. The number of piperidine rings is 1. The van der Waals surface area contributed by atoms with Crippen LogP contribution in [0.5, 0.6) is 0 Å². The summed E-state index contributed by atoms with van der Waals surface area (Å²) in [7, 11) is 0. The topological polar surface area (TPSA) is 58.6 Å². The van der Waals surface area contributed by atoms with Gasteiger partial charge in [-0.15, -0.1) is 0 Å². The van der Waals surface area contributed by atoms with Gasteiger partial charge in [0.2, 0.25) is 5.91 Å². The van der Waals surface area contributed by atoms with E-state index < -0.39 is 0 Å². The molecule has 0 saturated carbocycles. The number of aryl methyl sites for hydroxylation is 3. The molecule has 2 aliphatic rings. The third kappa shape index (κ3) is 4.03. The Morgan fingerprint density at radius 2 is 1.72 bits per heavy atom. The standard InChI is InChI=1S/C20H28N2O3/c1-13-11-14(2)18(15(3)12-13)21-19(23)16-6-8-22(9-7-16)20(24)17-5-4-10-25-17/h11-12,16-17H,4-10H2,1-3H3,(H,21,23). The number of hydrogen-bond donors (Lipinski definition) is 1. The summed E-state index contributed by atoms with van der Waals surface area (Å²) in [6.45, 7) is 8.08. The number of hydrogen-bond acceptors (Lipinski definition) is 3. The number of amides is 2. The summed E-state index contributed by atoms with van der Waals surface area (Å²) in [6, 6.07) is 4.18. The van der Waals surface area contributed by atoms with Gasteiger partial charge in [-0.3, -0.25) is 9.59 Å². The molecule has 5 heteroatoms. The molecule has 1 aromatic rings. The normalized spacial score (nSPS) is 21.4. The van der Waals surface area contributed by atoms with Gasteiger partial charge in [0.05, 0.1) is 0 Å². The first kappa shape index (κ1) is 17.9. The average molecular weight is 344 g/mol. The van der Waals surface area contributed by atoms with E-state index in [1.54, 1.807) is 0 Å². The van der Waals surface area contributed by atoms with Crippen LogP contribution in [-0.2, 0) is 14.3 Å². The van der Waals surface area contributed by atoms with Crippen LogP contribution in [0.1, 0.15) is 42.4 Å². The minimum absolute atomic E-state index is 0.0337. The van der Waals surface area contributed by atoms with Crippen LogP contribution in [0.2, 0.25) is 0 Å². The van der Waals surface area contributed by atoms with E-state index >= 15 is 0 Å². The molecular weight excluding hydrogens is 316 g/mol. The maximum Gasteiger partial charge on any atom is 0.251 e. The molecule has 0 aliphatic carbocycles. The maximum atomic E-state index is 12.7. The molecule has 3 rings (SSSR count). The molecule has 2 aliphatic heterocycles. The predicted octanol–water partition coefficient (Wildman–Crippen LogP) is 2.97. The summed E-state index contributed by atoms with van der Waals surface area (Å²) >= 11 is 0. The van der Waals surface area contributed by atoms with Gasteiger partial charge in [0.25, 0.3) is 5.91 Å². The molecule has 1 aromatic carbocycles. The zero-order valence-corrected chi connectivity index (χ0v) is 15.4. The number of carbonyl (C=O) groups excluding carboxylic acids is 2. The first-order valence-corrected chi connectivity index (χ1v) is 9.25. The molecule has 2 saturated heterocycles. The van der Waals surface area contributed by atoms with Crippen LogP contribution in [0, 0.1) is 26.7 Å². The van der Waals surface area contributed by atoms with Crippen molar-refractivity contribution in [2.45, 2.75) is 52.6 Å². The molecule has 1 unspecified atom stereocenters. The molecule has 0 bridgehead atoms. The molecule has 1 N–H and O–H groups in total. The first-order chi connectivity index (χ1) is 12.0. The average Bonchev–Trinajstić information content (AvgIpc) is 3.12. The fourth-order valence-corrected chi connectivity index (χ4v) is 3.94. The highest BCUT2D eigenvalue weighted by Crippen LogP contribution is 2.26. The van der Waals surface area contributed by atoms with Gasteiger partial charge in [0.1, 0.15) is 6.10 Å². The van der Waals surface area contributed by atoms with E-state index in [4.69, 9.17) is 4.74 Å². The van der Waals surface area contributed by atoms with Gasteiger partial charge >= 0.3 is 0 Å². The number of nitrogens with zero attached hydrogens (tertiary/aromatic N) is 1. The van der Waals surface area contributed by atoms with E-state index in [0.29, 0.717) is 32.5 Å². The summed E-state index contributed by atoms with van der Waals surface area (Å²) in [5, 5.41) is 3.11. The molecule has 0 radical (unpaired) electrons. The number of likely N-dealkylation sites (tertiary alicyclic amines) is 1. The molecule has 0 aromatic heterocycles. The van der Waals surface area contributed by atoms with Crippen LogP contribution in [0.3, 0.4) is 0 Å². The lowest BCUT2D eigenvalue weighted by molar-refractivity contribution is -0.143. The van der Waals surface area contributed by atoms with Crippen LogP contribution in [0.4, 0.5) is 5.69 Å². The van der Waals surface area contributed by atoms with Crippen molar-refractivity contribution in [3.8, 4) is 0 Å². The lowest BCUT2D eigenvalue weighted by Crippen LogP contribution is -2.45. The largest absolute Gasteiger partial charge is 0.368 e. The molecule has 0 spiro atoms. The fourth-order valence-electron chi connectivity index (χ4n) is 3.94. The van der Waals surface area contributed by atoms with E-state index in [2.05, 4.69) is 24.4 Å². The Labute approximate surface area is 149 Å². The van der Waals surface area contributed by atoms with Gasteiger partial charge in [0.15, 0.2) is 0 Å². The second kappa shape index (κ2) is 7.56. The zero-order valence-electron chi connectivity index (χ0n) is 15.4. The SMILES string of the molecule is Cc1cc(C)c(NC(=O)C2CCN(C(=O)C3CCCO3)CC2)c(C)c1. The monoisotopic (exact) mass is 344 g/mol. The van der Waals surface area contributed by atoms with E-state index in [-0.39, 0.29) is 23.8 Å². The summed E-state index contributed by atoms with van der Waals surface area (Å²) < 4.78 is 5.49. The smallest absolute Gasteiger partial charge is 0.251 e. The number of rotatable bonds is 3. The van der Waals surface area contributed by atoms with E-state index in [0.717, 1.165) is 29.7 Å². The molecule has 1 atom stereocenters. The number of carbonyl (C=O) groups is 2. The van der Waals surface area contributed by atoms with Gasteiger partial charge in [-0.25, -0.2) is 0 Å². The Morgan fingerprint density at radius 3 is 2.28 bits per heavy atom. The summed E-state index contributed by atoms with van der Waals surface area (Å²) in [5.74, 6) is 0.134. The molecule has 136 valence electrons. The number of ether oxygens (including phenoxy) is 1. The third-order valence-corrected chi connectivity index (χ3v) is 5.31. The lowest BCUT2D eigenvalue weighted by Gasteiger charge is -2.32. The second-order valence-corrected chi connectivity index (χ2v) is 7.36. The van der Waals surface area contributed by atoms with Gasteiger partial charge < -0.3 is 15.0 Å². The predicted molar refractivity (Wildman–Crippen MR) is 97.6 cm³/mol. The van der Waals surface area contributed by atoms with Crippen molar-refractivity contribution < 1.29 is 14.3 Å². The molecular formula is C20H28N2O3. The highest BCUT2D eigenvalue weighted by atomic mass is 16.5. The first-order valence-electron chi connectivity index (χ1n) is 9.25. The minimum atomic E-state index is -0.261. The highest BCUT2D eigenvalue weighted by molar-refractivity contribution is 5.94.